The van der Waals surface area contributed by atoms with Gasteiger partial charge in [0.2, 0.25) is 5.95 Å². The van der Waals surface area contributed by atoms with Crippen molar-refractivity contribution in [2.45, 2.75) is 25.3 Å². The van der Waals surface area contributed by atoms with E-state index in [-0.39, 0.29) is 12.0 Å². The molecule has 1 aromatic carbocycles. The Morgan fingerprint density at radius 3 is 2.93 bits per heavy atom. The second-order valence-electron chi connectivity index (χ2n) is 6.38. The molecule has 0 amide bonds. The fourth-order valence-corrected chi connectivity index (χ4v) is 3.82. The zero-order valence-corrected chi connectivity index (χ0v) is 17.8. The molecule has 0 bridgehead atoms. The van der Waals surface area contributed by atoms with Gasteiger partial charge in [-0.25, -0.2) is 9.97 Å². The number of hydrogen-bond donors (Lipinski definition) is 2. The summed E-state index contributed by atoms with van der Waals surface area (Å²) in [7, 11) is 1.64. The predicted molar refractivity (Wildman–Crippen MR) is 112 cm³/mol. The lowest BCUT2D eigenvalue weighted by atomic mass is 10.1. The molecule has 0 spiro atoms. The van der Waals surface area contributed by atoms with E-state index in [0.717, 1.165) is 28.4 Å². The summed E-state index contributed by atoms with van der Waals surface area (Å²) in [6.07, 6.45) is 5.34. The van der Waals surface area contributed by atoms with Gasteiger partial charge in [0.1, 0.15) is 12.1 Å². The van der Waals surface area contributed by atoms with Crippen LogP contribution in [0.3, 0.4) is 0 Å². The third kappa shape index (κ3) is 4.91. The van der Waals surface area contributed by atoms with Crippen molar-refractivity contribution in [3.8, 4) is 5.75 Å². The lowest BCUT2D eigenvalue weighted by Crippen LogP contribution is -2.25. The van der Waals surface area contributed by atoms with Crippen LogP contribution in [-0.2, 0) is 11.2 Å². The second-order valence-corrected chi connectivity index (χ2v) is 7.68. The van der Waals surface area contributed by atoms with Crippen molar-refractivity contribution in [2.75, 3.05) is 26.1 Å². The Hall–Kier alpha value is -1.94. The molecule has 10 heteroatoms. The first kappa shape index (κ1) is 20.8. The summed E-state index contributed by atoms with van der Waals surface area (Å²) in [6, 6.07) is 3.65. The van der Waals surface area contributed by atoms with Crippen molar-refractivity contribution in [1.29, 1.82) is 0 Å². The van der Waals surface area contributed by atoms with E-state index in [1.807, 2.05) is 12.1 Å². The third-order valence-corrected chi connectivity index (χ3v) is 5.17. The average molecular weight is 470 g/mol. The minimum absolute atomic E-state index is 0.00286. The summed E-state index contributed by atoms with van der Waals surface area (Å²) in [6.45, 7) is 1.06. The van der Waals surface area contributed by atoms with Crippen LogP contribution in [-0.4, -0.2) is 45.9 Å². The van der Waals surface area contributed by atoms with E-state index in [2.05, 4.69) is 31.0 Å². The first-order valence-corrected chi connectivity index (χ1v) is 9.95. The molecule has 150 valence electrons. The number of fused-ring (bicyclic) bond motifs is 1. The van der Waals surface area contributed by atoms with Crippen molar-refractivity contribution < 1.29 is 9.47 Å². The fraction of sp³-hybridized carbons (Fsp3) is 0.389. The highest BCUT2D eigenvalue weighted by Gasteiger charge is 2.16. The minimum atomic E-state index is 0.00286. The first-order chi connectivity index (χ1) is 13.5. The summed E-state index contributed by atoms with van der Waals surface area (Å²) >= 11 is 9.81. The van der Waals surface area contributed by atoms with Crippen LogP contribution in [0.4, 0.5) is 5.95 Å². The van der Waals surface area contributed by atoms with Crippen LogP contribution >= 0.6 is 27.5 Å². The second kappa shape index (κ2) is 9.51. The van der Waals surface area contributed by atoms with Crippen molar-refractivity contribution in [3.63, 3.8) is 0 Å². The molecule has 3 rings (SSSR count). The summed E-state index contributed by atoms with van der Waals surface area (Å²) < 4.78 is 13.4. The molecule has 0 aliphatic heterocycles. The van der Waals surface area contributed by atoms with Gasteiger partial charge in [-0.05, 0) is 25.0 Å². The number of aromatic nitrogens is 4. The number of anilines is 1. The monoisotopic (exact) mass is 468 g/mol. The van der Waals surface area contributed by atoms with E-state index >= 15 is 0 Å². The van der Waals surface area contributed by atoms with Gasteiger partial charge in [-0.2, -0.15) is 9.61 Å². The van der Waals surface area contributed by atoms with Gasteiger partial charge in [0.25, 0.3) is 0 Å². The van der Waals surface area contributed by atoms with E-state index in [1.165, 1.54) is 10.8 Å². The molecule has 0 unspecified atom stereocenters. The van der Waals surface area contributed by atoms with Crippen molar-refractivity contribution in [2.24, 2.45) is 5.73 Å². The van der Waals surface area contributed by atoms with Crippen molar-refractivity contribution >= 4 is 39.1 Å². The largest absolute Gasteiger partial charge is 0.493 e. The van der Waals surface area contributed by atoms with E-state index in [1.54, 1.807) is 13.3 Å². The third-order valence-electron chi connectivity index (χ3n) is 4.25. The van der Waals surface area contributed by atoms with Gasteiger partial charge in [0.15, 0.2) is 5.65 Å². The highest BCUT2D eigenvalue weighted by Crippen LogP contribution is 2.34. The Bertz CT molecular complexity index is 951. The predicted octanol–water partition coefficient (Wildman–Crippen LogP) is 2.85. The van der Waals surface area contributed by atoms with Crippen LogP contribution in [0.1, 0.15) is 24.0 Å². The average Bonchev–Trinajstić information content (AvgIpc) is 3.06. The van der Waals surface area contributed by atoms with Gasteiger partial charge in [0, 0.05) is 40.2 Å². The lowest BCUT2D eigenvalue weighted by molar-refractivity contribution is 0.172. The maximum Gasteiger partial charge on any atom is 0.224 e. The van der Waals surface area contributed by atoms with Crippen LogP contribution in [0.5, 0.6) is 5.75 Å². The molecule has 28 heavy (non-hydrogen) atoms. The number of nitrogens with zero attached hydrogens (tertiary/aromatic N) is 4. The number of ether oxygens (including phenoxy) is 2. The highest BCUT2D eigenvalue weighted by atomic mass is 79.9. The number of nitrogen functional groups attached to an aromatic ring is 1. The Morgan fingerprint density at radius 1 is 1.32 bits per heavy atom. The Balaban J connectivity index is 1.77. The minimum Gasteiger partial charge on any atom is -0.493 e. The van der Waals surface area contributed by atoms with Crippen LogP contribution in [0.2, 0.25) is 5.02 Å². The molecule has 3 aromatic rings. The summed E-state index contributed by atoms with van der Waals surface area (Å²) in [5, 5.41) is 4.85. The zero-order chi connectivity index (χ0) is 20.1. The number of halogens is 2. The van der Waals surface area contributed by atoms with Crippen LogP contribution in [0.25, 0.3) is 5.65 Å². The number of benzene rings is 1. The molecule has 0 radical (unpaired) electrons. The van der Waals surface area contributed by atoms with Gasteiger partial charge in [-0.3, -0.25) is 0 Å². The van der Waals surface area contributed by atoms with Gasteiger partial charge >= 0.3 is 0 Å². The quantitative estimate of drug-likeness (QED) is 0.463. The molecular formula is C18H22BrClN6O2. The molecule has 8 nitrogen and oxygen atoms in total. The number of nitrogens with two attached hydrogens (primary N) is 2. The number of rotatable bonds is 9. The molecule has 0 saturated carbocycles. The standard InChI is InChI=1S/C18H22BrClN6O2/c1-27-9-13(21)3-2-4-28-16-7-12(20)6-15(19)14(16)5-11-8-25-26-17(11)23-10-24-18(26)22/h6-8,10,13H,2-5,9,21H2,1H3,(H2,22,23,24)/t13-/m1/s1. The first-order valence-electron chi connectivity index (χ1n) is 8.78. The normalized spacial score (nSPS) is 12.4. The molecule has 4 N–H and O–H groups in total. The molecule has 0 aliphatic rings. The Kier molecular flexibility index (Phi) is 7.06. The van der Waals surface area contributed by atoms with Crippen LogP contribution in [0.15, 0.2) is 29.1 Å². The van der Waals surface area contributed by atoms with E-state index < -0.39 is 0 Å². The molecule has 2 heterocycles. The Labute approximate surface area is 176 Å². The van der Waals surface area contributed by atoms with Crippen LogP contribution < -0.4 is 16.2 Å². The van der Waals surface area contributed by atoms with Gasteiger partial charge in [-0.1, -0.05) is 27.5 Å². The van der Waals surface area contributed by atoms with Gasteiger partial charge in [-0.15, -0.1) is 0 Å². The van der Waals surface area contributed by atoms with Crippen molar-refractivity contribution in [1.82, 2.24) is 19.6 Å². The summed E-state index contributed by atoms with van der Waals surface area (Å²) in [5.74, 6) is 0.997. The van der Waals surface area contributed by atoms with E-state index in [9.17, 15) is 0 Å². The summed E-state index contributed by atoms with van der Waals surface area (Å²) in [4.78, 5) is 8.24. The highest BCUT2D eigenvalue weighted by molar-refractivity contribution is 9.10. The SMILES string of the molecule is COC[C@H](N)CCCOc1cc(Cl)cc(Br)c1Cc1cnn2c(N)ncnc12. The molecule has 1 atom stereocenters. The van der Waals surface area contributed by atoms with Gasteiger partial charge < -0.3 is 20.9 Å². The number of methoxy groups -OCH3 is 1. The maximum absolute atomic E-state index is 6.22. The van der Waals surface area contributed by atoms with Crippen LogP contribution in [0, 0.1) is 0 Å². The van der Waals surface area contributed by atoms with Crippen molar-refractivity contribution in [3.05, 3.63) is 45.3 Å². The molecule has 0 saturated heterocycles. The molecule has 2 aromatic heterocycles. The maximum atomic E-state index is 6.22. The van der Waals surface area contributed by atoms with E-state index in [0.29, 0.717) is 36.1 Å². The number of hydrogen-bond acceptors (Lipinski definition) is 7. The molecule has 0 fully saturated rings. The molecule has 0 aliphatic carbocycles. The Morgan fingerprint density at radius 2 is 2.14 bits per heavy atom. The van der Waals surface area contributed by atoms with E-state index in [4.69, 9.17) is 32.5 Å². The topological polar surface area (TPSA) is 114 Å². The zero-order valence-electron chi connectivity index (χ0n) is 15.4. The fourth-order valence-electron chi connectivity index (χ4n) is 2.90. The van der Waals surface area contributed by atoms with Gasteiger partial charge in [0.05, 0.1) is 19.4 Å². The smallest absolute Gasteiger partial charge is 0.224 e. The summed E-state index contributed by atoms with van der Waals surface area (Å²) in [5.41, 5.74) is 14.3. The lowest BCUT2D eigenvalue weighted by Gasteiger charge is -2.15. The molecular weight excluding hydrogens is 448 g/mol.